The van der Waals surface area contributed by atoms with Crippen LogP contribution in [0.5, 0.6) is 0 Å². The van der Waals surface area contributed by atoms with Crippen LogP contribution >= 0.6 is 0 Å². The van der Waals surface area contributed by atoms with E-state index in [4.69, 9.17) is 0 Å². The van der Waals surface area contributed by atoms with Gasteiger partial charge in [0.25, 0.3) is 0 Å². The molecule has 0 saturated heterocycles. The van der Waals surface area contributed by atoms with Gasteiger partial charge in [-0.2, -0.15) is 0 Å². The molecule has 0 saturated carbocycles. The number of unbranched alkanes of at least 4 members (excludes halogenated alkanes) is 14. The summed E-state index contributed by atoms with van der Waals surface area (Å²) in [6.07, 6.45) is 28.1. The van der Waals surface area contributed by atoms with Gasteiger partial charge in [-0.1, -0.05) is 116 Å². The molecule has 2 aromatic heterocycles. The quantitative estimate of drug-likeness (QED) is 0.204. The molecule has 2 aromatic rings. The summed E-state index contributed by atoms with van der Waals surface area (Å²) < 4.78 is 0. The summed E-state index contributed by atoms with van der Waals surface area (Å²) >= 11 is 0. The number of pyridine rings is 2. The van der Waals surface area contributed by atoms with Crippen LogP contribution < -0.4 is 5.32 Å². The van der Waals surface area contributed by atoms with Gasteiger partial charge in [0.15, 0.2) is 0 Å². The van der Waals surface area contributed by atoms with Gasteiger partial charge in [-0.15, -0.1) is 0 Å². The molecule has 3 heteroatoms. The molecule has 0 bridgehead atoms. The van der Waals surface area contributed by atoms with Gasteiger partial charge in [-0.3, -0.25) is 0 Å². The maximum Gasteiger partial charge on any atom is 0.131 e. The summed E-state index contributed by atoms with van der Waals surface area (Å²) in [6, 6.07) is 8.56. The van der Waals surface area contributed by atoms with E-state index in [-0.39, 0.29) is 0 Å². The maximum absolute atomic E-state index is 4.59. The van der Waals surface area contributed by atoms with Crippen LogP contribution in [0.2, 0.25) is 0 Å². The first-order valence-corrected chi connectivity index (χ1v) is 14.0. The van der Waals surface area contributed by atoms with Crippen molar-refractivity contribution < 1.29 is 0 Å². The standard InChI is InChI=1S/C30H49N3/c1-3-5-7-9-11-13-15-17-19-27-21-23-29(31-25-27)33-30-24-22-28(26-32-30)20-18-16-14-12-10-8-6-4-2/h21-26H,3-20H2,1-2H3,(H,31,32,33). The number of aryl methyl sites for hydroxylation is 2. The van der Waals surface area contributed by atoms with Gasteiger partial charge in [0.05, 0.1) is 0 Å². The van der Waals surface area contributed by atoms with Crippen molar-refractivity contribution in [2.45, 2.75) is 129 Å². The molecular formula is C30H49N3. The smallest absolute Gasteiger partial charge is 0.131 e. The first-order valence-electron chi connectivity index (χ1n) is 14.0. The zero-order valence-corrected chi connectivity index (χ0v) is 21.6. The molecular weight excluding hydrogens is 402 g/mol. The van der Waals surface area contributed by atoms with Crippen LogP contribution in [0.25, 0.3) is 0 Å². The van der Waals surface area contributed by atoms with Crippen molar-refractivity contribution in [1.29, 1.82) is 0 Å². The fraction of sp³-hybridized carbons (Fsp3) is 0.667. The van der Waals surface area contributed by atoms with Crippen LogP contribution in [0.3, 0.4) is 0 Å². The Morgan fingerprint density at radius 2 is 0.848 bits per heavy atom. The minimum Gasteiger partial charge on any atom is -0.325 e. The van der Waals surface area contributed by atoms with Crippen molar-refractivity contribution in [3.8, 4) is 0 Å². The monoisotopic (exact) mass is 451 g/mol. The summed E-state index contributed by atoms with van der Waals surface area (Å²) in [5, 5.41) is 3.34. The number of anilines is 2. The van der Waals surface area contributed by atoms with E-state index in [1.54, 1.807) is 0 Å². The number of hydrogen-bond donors (Lipinski definition) is 1. The largest absolute Gasteiger partial charge is 0.325 e. The van der Waals surface area contributed by atoms with Crippen molar-refractivity contribution in [1.82, 2.24) is 9.97 Å². The molecule has 0 aliphatic heterocycles. The summed E-state index contributed by atoms with van der Waals surface area (Å²) in [4.78, 5) is 9.18. The average Bonchev–Trinajstić information content (AvgIpc) is 2.84. The fourth-order valence-corrected chi connectivity index (χ4v) is 4.35. The molecule has 0 fully saturated rings. The molecule has 0 spiro atoms. The second-order valence-electron chi connectivity index (χ2n) is 9.68. The molecule has 0 atom stereocenters. The second-order valence-corrected chi connectivity index (χ2v) is 9.68. The minimum absolute atomic E-state index is 0.873. The lowest BCUT2D eigenvalue weighted by Crippen LogP contribution is -1.97. The highest BCUT2D eigenvalue weighted by atomic mass is 15.0. The molecule has 0 aliphatic carbocycles. The van der Waals surface area contributed by atoms with E-state index in [0.29, 0.717) is 0 Å². The van der Waals surface area contributed by atoms with E-state index in [1.807, 2.05) is 12.4 Å². The van der Waals surface area contributed by atoms with Crippen molar-refractivity contribution in [3.05, 3.63) is 47.8 Å². The van der Waals surface area contributed by atoms with Gasteiger partial charge >= 0.3 is 0 Å². The molecule has 0 aliphatic rings. The van der Waals surface area contributed by atoms with Crippen molar-refractivity contribution in [2.75, 3.05) is 5.32 Å². The van der Waals surface area contributed by atoms with Crippen molar-refractivity contribution >= 4 is 11.6 Å². The topological polar surface area (TPSA) is 37.8 Å². The lowest BCUT2D eigenvalue weighted by atomic mass is 10.1. The van der Waals surface area contributed by atoms with Crippen molar-refractivity contribution in [2.24, 2.45) is 0 Å². The van der Waals surface area contributed by atoms with Crippen LogP contribution in [0, 0.1) is 0 Å². The Balaban J connectivity index is 1.57. The lowest BCUT2D eigenvalue weighted by Gasteiger charge is -2.07. The third-order valence-electron chi connectivity index (χ3n) is 6.54. The Labute approximate surface area is 204 Å². The van der Waals surface area contributed by atoms with E-state index in [2.05, 4.69) is 53.4 Å². The van der Waals surface area contributed by atoms with Gasteiger partial charge in [-0.25, -0.2) is 9.97 Å². The first-order chi connectivity index (χ1) is 16.3. The number of aromatic nitrogens is 2. The molecule has 0 radical (unpaired) electrons. The number of nitrogens with zero attached hydrogens (tertiary/aromatic N) is 2. The summed E-state index contributed by atoms with van der Waals surface area (Å²) in [5.74, 6) is 1.75. The minimum atomic E-state index is 0.873. The molecule has 2 heterocycles. The zero-order chi connectivity index (χ0) is 23.4. The molecule has 1 N–H and O–H groups in total. The Bertz CT molecular complexity index is 632. The second kappa shape index (κ2) is 18.5. The van der Waals surface area contributed by atoms with Gasteiger partial charge in [0.1, 0.15) is 11.6 Å². The van der Waals surface area contributed by atoms with Crippen LogP contribution in [0.15, 0.2) is 36.7 Å². The molecule has 2 rings (SSSR count). The molecule has 0 aromatic carbocycles. The first kappa shape index (κ1) is 27.3. The van der Waals surface area contributed by atoms with Gasteiger partial charge in [0.2, 0.25) is 0 Å². The maximum atomic E-state index is 4.59. The SMILES string of the molecule is CCCCCCCCCCc1ccc(Nc2ccc(CCCCCCCCCC)cn2)nc1. The van der Waals surface area contributed by atoms with E-state index in [9.17, 15) is 0 Å². The Morgan fingerprint density at radius 1 is 0.485 bits per heavy atom. The third-order valence-corrected chi connectivity index (χ3v) is 6.54. The Morgan fingerprint density at radius 3 is 1.18 bits per heavy atom. The van der Waals surface area contributed by atoms with Gasteiger partial charge in [0, 0.05) is 12.4 Å². The van der Waals surface area contributed by atoms with Gasteiger partial charge < -0.3 is 5.32 Å². The van der Waals surface area contributed by atoms with Gasteiger partial charge in [-0.05, 0) is 48.9 Å². The lowest BCUT2D eigenvalue weighted by molar-refractivity contribution is 0.575. The normalized spacial score (nSPS) is 11.1. The fourth-order valence-electron chi connectivity index (χ4n) is 4.35. The summed E-state index contributed by atoms with van der Waals surface area (Å²) in [6.45, 7) is 4.56. The van der Waals surface area contributed by atoms with Crippen LogP contribution in [-0.2, 0) is 12.8 Å². The molecule has 33 heavy (non-hydrogen) atoms. The number of hydrogen-bond acceptors (Lipinski definition) is 3. The highest BCUT2D eigenvalue weighted by Gasteiger charge is 2.01. The van der Waals surface area contributed by atoms with E-state index in [1.165, 1.54) is 114 Å². The predicted molar refractivity (Wildman–Crippen MR) is 144 cm³/mol. The third kappa shape index (κ3) is 13.4. The van der Waals surface area contributed by atoms with E-state index in [0.717, 1.165) is 24.5 Å². The average molecular weight is 452 g/mol. The van der Waals surface area contributed by atoms with Crippen LogP contribution in [-0.4, -0.2) is 9.97 Å². The van der Waals surface area contributed by atoms with Crippen molar-refractivity contribution in [3.63, 3.8) is 0 Å². The molecule has 0 unspecified atom stereocenters. The molecule has 0 amide bonds. The van der Waals surface area contributed by atoms with E-state index >= 15 is 0 Å². The highest BCUT2D eigenvalue weighted by Crippen LogP contribution is 2.16. The Hall–Kier alpha value is -1.90. The molecule has 3 nitrogen and oxygen atoms in total. The van der Waals surface area contributed by atoms with E-state index < -0.39 is 0 Å². The number of nitrogens with one attached hydrogen (secondary N) is 1. The molecule has 184 valence electrons. The zero-order valence-electron chi connectivity index (χ0n) is 21.6. The van der Waals surface area contributed by atoms with Crippen LogP contribution in [0.4, 0.5) is 11.6 Å². The predicted octanol–water partition coefficient (Wildman–Crippen LogP) is 9.59. The highest BCUT2D eigenvalue weighted by molar-refractivity contribution is 5.51. The summed E-state index contributed by atoms with van der Waals surface area (Å²) in [7, 11) is 0. The van der Waals surface area contributed by atoms with Crippen LogP contribution in [0.1, 0.15) is 128 Å². The number of rotatable bonds is 20. The summed E-state index contributed by atoms with van der Waals surface area (Å²) in [5.41, 5.74) is 2.67. The Kier molecular flexibility index (Phi) is 15.3.